The molecule has 138 valence electrons. The van der Waals surface area contributed by atoms with E-state index >= 15 is 4.39 Å². The maximum absolute atomic E-state index is 15.0. The van der Waals surface area contributed by atoms with Crippen LogP contribution < -0.4 is 4.74 Å². The van der Waals surface area contributed by atoms with Gasteiger partial charge in [-0.3, -0.25) is 4.79 Å². The monoisotopic (exact) mass is 385 g/mol. The van der Waals surface area contributed by atoms with Crippen LogP contribution in [-0.4, -0.2) is 11.9 Å². The van der Waals surface area contributed by atoms with E-state index in [4.69, 9.17) is 21.6 Å². The Hall–Kier alpha value is -2.78. The van der Waals surface area contributed by atoms with E-state index in [2.05, 4.69) is 16.3 Å². The Morgan fingerprint density at radius 1 is 1.37 bits per heavy atom. The minimum Gasteiger partial charge on any atom is -0.453 e. The molecule has 0 bridgehead atoms. The molecule has 0 N–H and O–H groups in total. The van der Waals surface area contributed by atoms with Gasteiger partial charge in [0, 0.05) is 6.42 Å². The molecule has 7 heteroatoms. The second kappa shape index (κ2) is 8.28. The van der Waals surface area contributed by atoms with Crippen LogP contribution in [0, 0.1) is 17.1 Å². The molecule has 1 unspecified atom stereocenters. The number of carbonyl (C=O) groups excluding carboxylic acids is 1. The second-order valence-electron chi connectivity index (χ2n) is 6.29. The van der Waals surface area contributed by atoms with Crippen LogP contribution in [0.25, 0.3) is 0 Å². The summed E-state index contributed by atoms with van der Waals surface area (Å²) >= 11 is 6.14. The molecule has 0 saturated carbocycles. The van der Waals surface area contributed by atoms with Crippen molar-refractivity contribution in [1.29, 1.82) is 5.26 Å². The third kappa shape index (κ3) is 4.50. The lowest BCUT2D eigenvalue weighted by Gasteiger charge is -2.16. The number of hydrogen-bond donors (Lipinski definition) is 0. The summed E-state index contributed by atoms with van der Waals surface area (Å²) in [5.41, 5.74) is 1.73. The van der Waals surface area contributed by atoms with E-state index in [1.165, 1.54) is 0 Å². The number of aryl methyl sites for hydroxylation is 1. The van der Waals surface area contributed by atoms with Gasteiger partial charge in [0.15, 0.2) is 11.6 Å². The predicted octanol–water partition coefficient (Wildman–Crippen LogP) is 5.39. The van der Waals surface area contributed by atoms with Crippen LogP contribution in [0.5, 0.6) is 11.5 Å². The topological polar surface area (TPSA) is 74.8 Å². The maximum Gasteiger partial charge on any atom is 0.264 e. The van der Waals surface area contributed by atoms with Gasteiger partial charge in [0.1, 0.15) is 5.75 Å². The largest absolute Gasteiger partial charge is 0.453 e. The number of ether oxygens (including phenoxy) is 1. The van der Waals surface area contributed by atoms with Crippen molar-refractivity contribution in [3.63, 3.8) is 0 Å². The van der Waals surface area contributed by atoms with Crippen LogP contribution >= 0.6 is 11.6 Å². The summed E-state index contributed by atoms with van der Waals surface area (Å²) in [5, 5.41) is 16.8. The van der Waals surface area contributed by atoms with Crippen LogP contribution in [0.15, 0.2) is 40.6 Å². The highest BCUT2D eigenvalue weighted by Crippen LogP contribution is 2.35. The average molecular weight is 386 g/mol. The molecule has 27 heavy (non-hydrogen) atoms. The minimum absolute atomic E-state index is 0.0878. The highest BCUT2D eigenvalue weighted by molar-refractivity contribution is 6.32. The van der Waals surface area contributed by atoms with E-state index in [0.717, 1.165) is 5.56 Å². The lowest BCUT2D eigenvalue weighted by Crippen LogP contribution is -2.15. The van der Waals surface area contributed by atoms with E-state index in [0.29, 0.717) is 42.6 Å². The molecule has 2 aromatic rings. The number of azo groups is 1. The number of halogens is 2. The number of hydrogen-bond acceptors (Lipinski definition) is 4. The average Bonchev–Trinajstić information content (AvgIpc) is 2.68. The SMILES string of the molecule is CCc1cc(C#N)cc(Oc2c(Cl)ccc(CC3CCC(=O)N=N3)c2F)c1. The van der Waals surface area contributed by atoms with Gasteiger partial charge in [-0.15, -0.1) is 5.11 Å². The summed E-state index contributed by atoms with van der Waals surface area (Å²) in [7, 11) is 0. The Labute approximate surface area is 161 Å². The fourth-order valence-electron chi connectivity index (χ4n) is 2.87. The highest BCUT2D eigenvalue weighted by atomic mass is 35.5. The fraction of sp³-hybridized carbons (Fsp3) is 0.300. The van der Waals surface area contributed by atoms with Crippen LogP contribution in [0.1, 0.15) is 36.5 Å². The van der Waals surface area contributed by atoms with E-state index in [1.807, 2.05) is 6.92 Å². The normalized spacial score (nSPS) is 16.2. The molecule has 1 atom stereocenters. The Kier molecular flexibility index (Phi) is 5.82. The molecule has 0 radical (unpaired) electrons. The zero-order valence-electron chi connectivity index (χ0n) is 14.7. The standard InChI is InChI=1S/C20H17ClFN3O2/c1-2-12-7-13(11-23)9-16(8-12)27-20-17(21)5-3-14(19(20)22)10-15-4-6-18(26)25-24-15/h3,5,7-9,15H,2,4,6,10H2,1H3. The first kappa shape index (κ1) is 19.0. The van der Waals surface area contributed by atoms with E-state index in [9.17, 15) is 4.79 Å². The molecule has 0 fully saturated rings. The third-order valence-electron chi connectivity index (χ3n) is 4.33. The van der Waals surface area contributed by atoms with Crippen molar-refractivity contribution >= 4 is 17.5 Å². The van der Waals surface area contributed by atoms with Gasteiger partial charge >= 0.3 is 0 Å². The zero-order valence-corrected chi connectivity index (χ0v) is 15.5. The molecule has 0 aliphatic carbocycles. The number of amides is 1. The minimum atomic E-state index is -0.574. The van der Waals surface area contributed by atoms with Gasteiger partial charge in [-0.05, 0) is 54.7 Å². The van der Waals surface area contributed by atoms with Crippen LogP contribution in [0.3, 0.4) is 0 Å². The Morgan fingerprint density at radius 2 is 2.19 bits per heavy atom. The van der Waals surface area contributed by atoms with Gasteiger partial charge in [-0.2, -0.15) is 10.4 Å². The van der Waals surface area contributed by atoms with Crippen molar-refractivity contribution in [3.8, 4) is 17.6 Å². The first-order valence-corrected chi connectivity index (χ1v) is 9.00. The van der Waals surface area contributed by atoms with Gasteiger partial charge in [0.2, 0.25) is 0 Å². The number of nitrogens with zero attached hydrogens (tertiary/aromatic N) is 3. The van der Waals surface area contributed by atoms with Gasteiger partial charge < -0.3 is 4.74 Å². The van der Waals surface area contributed by atoms with Crippen LogP contribution in [-0.2, 0) is 17.6 Å². The molecule has 5 nitrogen and oxygen atoms in total. The molecular weight excluding hydrogens is 369 g/mol. The highest BCUT2D eigenvalue weighted by Gasteiger charge is 2.21. The number of benzene rings is 2. The Bertz CT molecular complexity index is 953. The molecule has 1 amide bonds. The lowest BCUT2D eigenvalue weighted by molar-refractivity contribution is -0.119. The van der Waals surface area contributed by atoms with Gasteiger partial charge in [-0.1, -0.05) is 24.6 Å². The van der Waals surface area contributed by atoms with Crippen molar-refractivity contribution in [2.45, 2.75) is 38.6 Å². The summed E-state index contributed by atoms with van der Waals surface area (Å²) in [4.78, 5) is 11.1. The maximum atomic E-state index is 15.0. The number of nitriles is 1. The summed E-state index contributed by atoms with van der Waals surface area (Å²) in [5.74, 6) is -0.562. The number of rotatable bonds is 5. The molecule has 1 aliphatic rings. The molecule has 3 rings (SSSR count). The zero-order chi connectivity index (χ0) is 19.4. The molecule has 1 aliphatic heterocycles. The molecule has 2 aromatic carbocycles. The predicted molar refractivity (Wildman–Crippen MR) is 98.6 cm³/mol. The molecule has 0 aromatic heterocycles. The molecule has 0 saturated heterocycles. The van der Waals surface area contributed by atoms with Gasteiger partial charge in [0.25, 0.3) is 5.91 Å². The van der Waals surface area contributed by atoms with E-state index < -0.39 is 5.82 Å². The Balaban J connectivity index is 1.89. The summed E-state index contributed by atoms with van der Waals surface area (Å²) in [6, 6.07) is 10.0. The molecule has 0 spiro atoms. The van der Waals surface area contributed by atoms with Crippen LogP contribution in [0.4, 0.5) is 4.39 Å². The van der Waals surface area contributed by atoms with Crippen molar-refractivity contribution < 1.29 is 13.9 Å². The van der Waals surface area contributed by atoms with Crippen LogP contribution in [0.2, 0.25) is 5.02 Å². The summed E-state index contributed by atoms with van der Waals surface area (Å²) in [6.45, 7) is 1.96. The van der Waals surface area contributed by atoms with E-state index in [-0.39, 0.29) is 22.7 Å². The van der Waals surface area contributed by atoms with E-state index in [1.54, 1.807) is 30.3 Å². The first-order valence-electron chi connectivity index (χ1n) is 8.62. The molecule has 1 heterocycles. The lowest BCUT2D eigenvalue weighted by atomic mass is 10.0. The first-order chi connectivity index (χ1) is 13.0. The fourth-order valence-corrected chi connectivity index (χ4v) is 3.06. The van der Waals surface area contributed by atoms with Gasteiger partial charge in [0.05, 0.1) is 22.7 Å². The Morgan fingerprint density at radius 3 is 2.85 bits per heavy atom. The third-order valence-corrected chi connectivity index (χ3v) is 4.63. The van der Waals surface area contributed by atoms with Crippen molar-refractivity contribution in [2.24, 2.45) is 10.2 Å². The smallest absolute Gasteiger partial charge is 0.264 e. The molecular formula is C20H17ClFN3O2. The summed E-state index contributed by atoms with van der Waals surface area (Å²) < 4.78 is 20.7. The van der Waals surface area contributed by atoms with Crippen molar-refractivity contribution in [1.82, 2.24) is 0 Å². The number of carbonyl (C=O) groups is 1. The van der Waals surface area contributed by atoms with Gasteiger partial charge in [-0.25, -0.2) is 4.39 Å². The quantitative estimate of drug-likeness (QED) is 0.692. The summed E-state index contributed by atoms with van der Waals surface area (Å²) in [6.07, 6.45) is 1.86. The second-order valence-corrected chi connectivity index (χ2v) is 6.70. The van der Waals surface area contributed by atoms with Crippen molar-refractivity contribution in [2.75, 3.05) is 0 Å². The van der Waals surface area contributed by atoms with Crippen molar-refractivity contribution in [3.05, 3.63) is 57.9 Å².